The summed E-state index contributed by atoms with van der Waals surface area (Å²) in [6.45, 7) is 12.9. The van der Waals surface area contributed by atoms with Crippen molar-refractivity contribution in [2.75, 3.05) is 0 Å². The number of rotatable bonds is 1. The summed E-state index contributed by atoms with van der Waals surface area (Å²) in [5.41, 5.74) is 5.79. The Morgan fingerprint density at radius 1 is 0.733 bits per heavy atom. The molecule has 0 saturated heterocycles. The van der Waals surface area contributed by atoms with E-state index in [9.17, 15) is 0 Å². The highest BCUT2D eigenvalue weighted by Gasteiger charge is 2.19. The van der Waals surface area contributed by atoms with E-state index in [4.69, 9.17) is 0 Å². The number of pyridine rings is 1. The molecular weight excluding hydrogens is 366 g/mol. The van der Waals surface area contributed by atoms with Crippen molar-refractivity contribution in [1.29, 1.82) is 0 Å². The molecule has 0 unspecified atom stereocenters. The van der Waals surface area contributed by atoms with Crippen LogP contribution in [0.15, 0.2) is 66.7 Å². The maximum atomic E-state index is 4.58. The van der Waals surface area contributed by atoms with Gasteiger partial charge in [-0.3, -0.25) is 4.40 Å². The van der Waals surface area contributed by atoms with Gasteiger partial charge in [0.2, 0.25) is 0 Å². The number of benzene rings is 3. The van der Waals surface area contributed by atoms with Crippen LogP contribution in [-0.4, -0.2) is 14.6 Å². The van der Waals surface area contributed by atoms with Crippen LogP contribution in [0.2, 0.25) is 0 Å². The van der Waals surface area contributed by atoms with Crippen LogP contribution in [0.4, 0.5) is 0 Å². The molecule has 2 aromatic heterocycles. The minimum absolute atomic E-state index is 0.0945. The van der Waals surface area contributed by atoms with E-state index < -0.39 is 0 Å². The molecule has 0 amide bonds. The summed E-state index contributed by atoms with van der Waals surface area (Å²) in [5, 5.41) is 12.8. The summed E-state index contributed by atoms with van der Waals surface area (Å²) < 4.78 is 2.20. The van der Waals surface area contributed by atoms with Crippen molar-refractivity contribution in [2.45, 2.75) is 47.0 Å². The first-order valence-electron chi connectivity index (χ1n) is 10.7. The predicted octanol–water partition coefficient (Wildman–Crippen LogP) is 7.33. The quantitative estimate of drug-likeness (QED) is 0.278. The topological polar surface area (TPSA) is 30.2 Å². The van der Waals surface area contributed by atoms with Gasteiger partial charge in [-0.25, -0.2) is 0 Å². The van der Waals surface area contributed by atoms with Gasteiger partial charge in [0.05, 0.1) is 5.52 Å². The minimum atomic E-state index is 0.0945. The van der Waals surface area contributed by atoms with Crippen LogP contribution in [0.25, 0.3) is 38.7 Å². The molecule has 0 aliphatic heterocycles. The van der Waals surface area contributed by atoms with E-state index in [1.807, 2.05) is 13.8 Å². The fourth-order valence-corrected chi connectivity index (χ4v) is 3.90. The van der Waals surface area contributed by atoms with Crippen LogP contribution in [0.3, 0.4) is 0 Å². The molecule has 30 heavy (non-hydrogen) atoms. The highest BCUT2D eigenvalue weighted by Crippen LogP contribution is 2.34. The van der Waals surface area contributed by atoms with Gasteiger partial charge in [0.15, 0.2) is 11.5 Å². The van der Waals surface area contributed by atoms with Crippen LogP contribution >= 0.6 is 0 Å². The van der Waals surface area contributed by atoms with Gasteiger partial charge in [-0.05, 0) is 35.4 Å². The average Bonchev–Trinajstić information content (AvgIpc) is 3.20. The molecule has 152 valence electrons. The van der Waals surface area contributed by atoms with Crippen molar-refractivity contribution >= 4 is 27.3 Å². The normalized spacial score (nSPS) is 11.7. The van der Waals surface area contributed by atoms with Crippen molar-refractivity contribution in [3.8, 4) is 11.4 Å². The monoisotopic (exact) mass is 395 g/mol. The lowest BCUT2D eigenvalue weighted by Crippen LogP contribution is -2.11. The third-order valence-corrected chi connectivity index (χ3v) is 5.53. The summed E-state index contributed by atoms with van der Waals surface area (Å²) in [7, 11) is 0. The van der Waals surface area contributed by atoms with Gasteiger partial charge in [0, 0.05) is 16.3 Å². The smallest absolute Gasteiger partial charge is 0.169 e. The van der Waals surface area contributed by atoms with Crippen molar-refractivity contribution in [3.63, 3.8) is 0 Å². The Morgan fingerprint density at radius 3 is 2.07 bits per heavy atom. The molecule has 3 aromatic carbocycles. The number of fused-ring (bicyclic) bond motifs is 6. The van der Waals surface area contributed by atoms with E-state index in [0.717, 1.165) is 27.9 Å². The second-order valence-electron chi connectivity index (χ2n) is 8.58. The van der Waals surface area contributed by atoms with Gasteiger partial charge in [-0.15, -0.1) is 10.2 Å². The number of aromatic nitrogens is 3. The van der Waals surface area contributed by atoms with E-state index in [1.54, 1.807) is 0 Å². The van der Waals surface area contributed by atoms with Crippen molar-refractivity contribution in [2.24, 2.45) is 0 Å². The molecule has 3 nitrogen and oxygen atoms in total. The first-order valence-corrected chi connectivity index (χ1v) is 10.7. The molecule has 0 aliphatic rings. The molecule has 5 rings (SSSR count). The highest BCUT2D eigenvalue weighted by molar-refractivity contribution is 6.12. The van der Waals surface area contributed by atoms with Crippen molar-refractivity contribution in [1.82, 2.24) is 14.6 Å². The molecule has 5 aromatic rings. The lowest BCUT2D eigenvalue weighted by molar-refractivity contribution is 0.591. The van der Waals surface area contributed by atoms with Gasteiger partial charge < -0.3 is 0 Å². The van der Waals surface area contributed by atoms with E-state index in [1.165, 1.54) is 21.9 Å². The molecule has 3 heteroatoms. The molecule has 2 heterocycles. The SMILES string of the molecule is CC.Cc1ccc(-c2nnc3c4ccccc4c4cc(C(C)(C)C)ccc4n23)cc1. The minimum Gasteiger partial charge on any atom is -0.274 e. The fraction of sp³-hybridized carbons (Fsp3) is 0.259. The molecule has 0 fully saturated rings. The van der Waals surface area contributed by atoms with Crippen LogP contribution in [0, 0.1) is 6.92 Å². The summed E-state index contributed by atoms with van der Waals surface area (Å²) in [6.07, 6.45) is 0. The van der Waals surface area contributed by atoms with Gasteiger partial charge >= 0.3 is 0 Å². The third-order valence-electron chi connectivity index (χ3n) is 5.53. The second kappa shape index (κ2) is 7.56. The van der Waals surface area contributed by atoms with Crippen LogP contribution < -0.4 is 0 Å². The third kappa shape index (κ3) is 3.24. The summed E-state index contributed by atoms with van der Waals surface area (Å²) in [4.78, 5) is 0. The number of hydrogen-bond acceptors (Lipinski definition) is 2. The number of nitrogens with zero attached hydrogens (tertiary/aromatic N) is 3. The Labute approximate surface area is 178 Å². The predicted molar refractivity (Wildman–Crippen MR) is 128 cm³/mol. The first-order chi connectivity index (χ1) is 14.4. The van der Waals surface area contributed by atoms with Gasteiger partial charge in [-0.1, -0.05) is 94.8 Å². The first kappa shape index (κ1) is 20.1. The summed E-state index contributed by atoms with van der Waals surface area (Å²) in [6, 6.07) is 23.8. The Hall–Kier alpha value is -3.20. The molecule has 0 saturated carbocycles. The molecular formula is C27H29N3. The molecule has 0 atom stereocenters. The average molecular weight is 396 g/mol. The maximum Gasteiger partial charge on any atom is 0.169 e. The summed E-state index contributed by atoms with van der Waals surface area (Å²) in [5.74, 6) is 0.884. The zero-order valence-electron chi connectivity index (χ0n) is 18.7. The molecule has 0 aliphatic carbocycles. The van der Waals surface area contributed by atoms with E-state index >= 15 is 0 Å². The standard InChI is InChI=1S/C25H23N3.C2H6/c1-16-9-11-17(12-10-16)23-26-27-24-20-8-6-5-7-19(20)21-15-18(25(2,3)4)13-14-22(21)28(23)24;1-2/h5-15H,1-4H3;1-2H3. The zero-order valence-corrected chi connectivity index (χ0v) is 18.7. The molecule has 0 N–H and O–H groups in total. The van der Waals surface area contributed by atoms with Crippen molar-refractivity contribution in [3.05, 3.63) is 77.9 Å². The van der Waals surface area contributed by atoms with Gasteiger partial charge in [-0.2, -0.15) is 0 Å². The van der Waals surface area contributed by atoms with Crippen LogP contribution in [-0.2, 0) is 5.41 Å². The lowest BCUT2D eigenvalue weighted by atomic mass is 9.86. The lowest BCUT2D eigenvalue weighted by Gasteiger charge is -2.20. The molecule has 0 radical (unpaired) electrons. The van der Waals surface area contributed by atoms with Crippen LogP contribution in [0.5, 0.6) is 0 Å². The maximum absolute atomic E-state index is 4.58. The Balaban J connectivity index is 0.00000106. The molecule has 0 spiro atoms. The second-order valence-corrected chi connectivity index (χ2v) is 8.58. The Morgan fingerprint density at radius 2 is 1.40 bits per heavy atom. The summed E-state index contributed by atoms with van der Waals surface area (Å²) >= 11 is 0. The van der Waals surface area contributed by atoms with Gasteiger partial charge in [0.25, 0.3) is 0 Å². The largest absolute Gasteiger partial charge is 0.274 e. The Bertz CT molecular complexity index is 1340. The molecule has 0 bridgehead atoms. The number of aryl methyl sites for hydroxylation is 1. The zero-order chi connectivity index (χ0) is 21.5. The van der Waals surface area contributed by atoms with E-state index in [0.29, 0.717) is 0 Å². The van der Waals surface area contributed by atoms with E-state index in [2.05, 4.69) is 109 Å². The number of hydrogen-bond donors (Lipinski definition) is 0. The van der Waals surface area contributed by atoms with E-state index in [-0.39, 0.29) is 5.41 Å². The highest BCUT2D eigenvalue weighted by atomic mass is 15.2. The Kier molecular flexibility index (Phi) is 5.07. The van der Waals surface area contributed by atoms with Crippen LogP contribution in [0.1, 0.15) is 45.7 Å². The van der Waals surface area contributed by atoms with Gasteiger partial charge in [0.1, 0.15) is 0 Å². The fourth-order valence-electron chi connectivity index (χ4n) is 3.90. The van der Waals surface area contributed by atoms with Crippen molar-refractivity contribution < 1.29 is 0 Å².